The number of benzene rings is 1. The van der Waals surface area contributed by atoms with Crippen LogP contribution in [0.1, 0.15) is 19.8 Å². The Morgan fingerprint density at radius 2 is 2.25 bits per heavy atom. The van der Waals surface area contributed by atoms with Crippen molar-refractivity contribution in [2.75, 3.05) is 13.6 Å². The molecular formula is C12H17BrFNO. The molecule has 16 heavy (non-hydrogen) atoms. The fraction of sp³-hybridized carbons (Fsp3) is 0.500. The van der Waals surface area contributed by atoms with Gasteiger partial charge in [0, 0.05) is 12.6 Å². The first kappa shape index (κ1) is 13.5. The summed E-state index contributed by atoms with van der Waals surface area (Å²) < 4.78 is 19.6. The molecule has 0 radical (unpaired) electrons. The van der Waals surface area contributed by atoms with Gasteiger partial charge in [-0.2, -0.15) is 0 Å². The highest BCUT2D eigenvalue weighted by molar-refractivity contribution is 9.10. The van der Waals surface area contributed by atoms with Gasteiger partial charge in [-0.3, -0.25) is 0 Å². The van der Waals surface area contributed by atoms with Gasteiger partial charge in [-0.05, 0) is 41.5 Å². The summed E-state index contributed by atoms with van der Waals surface area (Å²) in [6.45, 7) is 2.86. The van der Waals surface area contributed by atoms with E-state index in [0.717, 1.165) is 23.9 Å². The molecule has 90 valence electrons. The van der Waals surface area contributed by atoms with Gasteiger partial charge < -0.3 is 10.1 Å². The molecular weight excluding hydrogens is 273 g/mol. The molecule has 0 aromatic heterocycles. The van der Waals surface area contributed by atoms with Gasteiger partial charge in [-0.15, -0.1) is 0 Å². The zero-order chi connectivity index (χ0) is 12.0. The molecule has 1 rings (SSSR count). The number of nitrogens with one attached hydrogen (secondary N) is 1. The molecule has 0 saturated heterocycles. The lowest BCUT2D eigenvalue weighted by atomic mass is 10.2. The van der Waals surface area contributed by atoms with E-state index >= 15 is 0 Å². The molecule has 0 bridgehead atoms. The van der Waals surface area contributed by atoms with Gasteiger partial charge in [0.15, 0.2) is 0 Å². The number of halogens is 2. The lowest BCUT2D eigenvalue weighted by Gasteiger charge is -2.19. The van der Waals surface area contributed by atoms with Crippen molar-refractivity contribution < 1.29 is 9.13 Å². The highest BCUT2D eigenvalue weighted by Gasteiger charge is 2.11. The lowest BCUT2D eigenvalue weighted by molar-refractivity contribution is 0.187. The summed E-state index contributed by atoms with van der Waals surface area (Å²) >= 11 is 3.35. The second kappa shape index (κ2) is 6.86. The van der Waals surface area contributed by atoms with Crippen LogP contribution in [0.4, 0.5) is 4.39 Å². The molecule has 2 nitrogen and oxygen atoms in total. The topological polar surface area (TPSA) is 21.3 Å². The molecule has 1 aromatic carbocycles. The maximum Gasteiger partial charge on any atom is 0.136 e. The van der Waals surface area contributed by atoms with Crippen LogP contribution in [0.25, 0.3) is 0 Å². The van der Waals surface area contributed by atoms with Crippen molar-refractivity contribution in [2.45, 2.75) is 25.9 Å². The smallest absolute Gasteiger partial charge is 0.136 e. The SMILES string of the molecule is CCCC(CNC)Oc1cc(F)ccc1Br. The maximum atomic E-state index is 13.1. The summed E-state index contributed by atoms with van der Waals surface area (Å²) in [6, 6.07) is 4.47. The highest BCUT2D eigenvalue weighted by atomic mass is 79.9. The van der Waals surface area contributed by atoms with Gasteiger partial charge in [0.2, 0.25) is 0 Å². The van der Waals surface area contributed by atoms with Crippen molar-refractivity contribution in [3.63, 3.8) is 0 Å². The minimum Gasteiger partial charge on any atom is -0.488 e. The molecule has 4 heteroatoms. The van der Waals surface area contributed by atoms with Crippen molar-refractivity contribution in [2.24, 2.45) is 0 Å². The first-order valence-corrected chi connectivity index (χ1v) is 6.23. The number of hydrogen-bond acceptors (Lipinski definition) is 2. The van der Waals surface area contributed by atoms with E-state index in [4.69, 9.17) is 4.74 Å². The molecule has 0 aliphatic rings. The van der Waals surface area contributed by atoms with Crippen molar-refractivity contribution in [1.82, 2.24) is 5.32 Å². The largest absolute Gasteiger partial charge is 0.488 e. The van der Waals surface area contributed by atoms with Gasteiger partial charge in [-0.25, -0.2) is 4.39 Å². The van der Waals surface area contributed by atoms with Gasteiger partial charge >= 0.3 is 0 Å². The third kappa shape index (κ3) is 4.10. The Morgan fingerprint density at radius 3 is 2.88 bits per heavy atom. The number of ether oxygens (including phenoxy) is 1. The van der Waals surface area contributed by atoms with Crippen LogP contribution in [0.15, 0.2) is 22.7 Å². The summed E-state index contributed by atoms with van der Waals surface area (Å²) in [7, 11) is 1.88. The summed E-state index contributed by atoms with van der Waals surface area (Å²) in [5, 5.41) is 3.07. The molecule has 0 aliphatic heterocycles. The van der Waals surface area contributed by atoms with Crippen LogP contribution >= 0.6 is 15.9 Å². The number of rotatable bonds is 6. The molecule has 0 heterocycles. The predicted octanol–water partition coefficient (Wildman–Crippen LogP) is 3.36. The Morgan fingerprint density at radius 1 is 1.50 bits per heavy atom. The van der Waals surface area contributed by atoms with E-state index in [2.05, 4.69) is 28.2 Å². The highest BCUT2D eigenvalue weighted by Crippen LogP contribution is 2.27. The zero-order valence-electron chi connectivity index (χ0n) is 9.59. The van der Waals surface area contributed by atoms with E-state index in [1.165, 1.54) is 12.1 Å². The molecule has 0 saturated carbocycles. The average molecular weight is 290 g/mol. The summed E-state index contributed by atoms with van der Waals surface area (Å²) in [5.41, 5.74) is 0. The van der Waals surface area contributed by atoms with E-state index in [1.807, 2.05) is 7.05 Å². The Labute approximate surface area is 104 Å². The normalized spacial score (nSPS) is 12.5. The Kier molecular flexibility index (Phi) is 5.77. The summed E-state index contributed by atoms with van der Waals surface area (Å²) in [4.78, 5) is 0. The van der Waals surface area contributed by atoms with Gasteiger partial charge in [0.05, 0.1) is 4.47 Å². The molecule has 1 unspecified atom stereocenters. The Balaban J connectivity index is 2.71. The zero-order valence-corrected chi connectivity index (χ0v) is 11.2. The number of likely N-dealkylation sites (N-methyl/N-ethyl adjacent to an activating group) is 1. The second-order valence-electron chi connectivity index (χ2n) is 3.66. The first-order valence-electron chi connectivity index (χ1n) is 5.43. The van der Waals surface area contributed by atoms with Gasteiger partial charge in [-0.1, -0.05) is 13.3 Å². The minimum atomic E-state index is -0.280. The molecule has 1 aromatic rings. The van der Waals surface area contributed by atoms with Crippen molar-refractivity contribution in [3.8, 4) is 5.75 Å². The Hall–Kier alpha value is -0.610. The third-order valence-corrected chi connectivity index (χ3v) is 2.88. The summed E-state index contributed by atoms with van der Waals surface area (Å²) in [5.74, 6) is 0.284. The van der Waals surface area contributed by atoms with Crippen LogP contribution in [-0.2, 0) is 0 Å². The molecule has 1 N–H and O–H groups in total. The van der Waals surface area contributed by atoms with E-state index in [1.54, 1.807) is 6.07 Å². The van der Waals surface area contributed by atoms with Crippen molar-refractivity contribution >= 4 is 15.9 Å². The predicted molar refractivity (Wildman–Crippen MR) is 67.4 cm³/mol. The molecule has 0 spiro atoms. The van der Waals surface area contributed by atoms with Gasteiger partial charge in [0.1, 0.15) is 17.7 Å². The van der Waals surface area contributed by atoms with E-state index < -0.39 is 0 Å². The van der Waals surface area contributed by atoms with E-state index in [0.29, 0.717) is 5.75 Å². The molecule has 0 aliphatic carbocycles. The van der Waals surface area contributed by atoms with Crippen LogP contribution < -0.4 is 10.1 Å². The summed E-state index contributed by atoms with van der Waals surface area (Å²) in [6.07, 6.45) is 2.07. The van der Waals surface area contributed by atoms with Crippen LogP contribution in [-0.4, -0.2) is 19.7 Å². The quantitative estimate of drug-likeness (QED) is 0.867. The molecule has 0 amide bonds. The third-order valence-electron chi connectivity index (χ3n) is 2.23. The van der Waals surface area contributed by atoms with E-state index in [9.17, 15) is 4.39 Å². The molecule has 1 atom stereocenters. The van der Waals surface area contributed by atoms with Crippen molar-refractivity contribution in [3.05, 3.63) is 28.5 Å². The van der Waals surface area contributed by atoms with Crippen LogP contribution in [0.2, 0.25) is 0 Å². The monoisotopic (exact) mass is 289 g/mol. The maximum absolute atomic E-state index is 13.1. The first-order chi connectivity index (χ1) is 7.67. The van der Waals surface area contributed by atoms with Crippen molar-refractivity contribution in [1.29, 1.82) is 0 Å². The van der Waals surface area contributed by atoms with Gasteiger partial charge in [0.25, 0.3) is 0 Å². The fourth-order valence-electron chi connectivity index (χ4n) is 1.50. The standard InChI is InChI=1S/C12H17BrFNO/c1-3-4-10(8-15-2)16-12-7-9(14)5-6-11(12)13/h5-7,10,15H,3-4,8H2,1-2H3. The second-order valence-corrected chi connectivity index (χ2v) is 4.52. The molecule has 0 fully saturated rings. The minimum absolute atomic E-state index is 0.0769. The van der Waals surface area contributed by atoms with Crippen LogP contribution in [0.5, 0.6) is 5.75 Å². The van der Waals surface area contributed by atoms with Crippen LogP contribution in [0.3, 0.4) is 0 Å². The lowest BCUT2D eigenvalue weighted by Crippen LogP contribution is -2.29. The fourth-order valence-corrected chi connectivity index (χ4v) is 1.84. The van der Waals surface area contributed by atoms with Crippen LogP contribution in [0, 0.1) is 5.82 Å². The Bertz CT molecular complexity index is 327. The van der Waals surface area contributed by atoms with E-state index in [-0.39, 0.29) is 11.9 Å². The number of hydrogen-bond donors (Lipinski definition) is 1. The average Bonchev–Trinajstić information content (AvgIpc) is 2.24.